The molecule has 0 bridgehead atoms. The minimum absolute atomic E-state index is 0.0369. The van der Waals surface area contributed by atoms with Crippen LogP contribution in [0.3, 0.4) is 0 Å². The molecule has 0 saturated heterocycles. The minimum Gasteiger partial charge on any atom is -0.478 e. The van der Waals surface area contributed by atoms with Crippen LogP contribution in [0.15, 0.2) is 12.1 Å². The Morgan fingerprint density at radius 3 is 2.69 bits per heavy atom. The Hall–Kier alpha value is -0.800. The second-order valence-corrected chi connectivity index (χ2v) is 3.78. The average molecular weight is 307 g/mol. The number of carboxylic acids is 1. The summed E-state index contributed by atoms with van der Waals surface area (Å²) in [4.78, 5) is 10.6. The molecule has 5 heteroatoms. The predicted molar refractivity (Wildman–Crippen MR) is 55.8 cm³/mol. The maximum atomic E-state index is 10.6. The summed E-state index contributed by atoms with van der Waals surface area (Å²) in [6.45, 7) is 0. The number of hydrogen-bond donors (Lipinski definition) is 1. The number of carbonyl (C=O) groups is 1. The molecule has 0 aromatic heterocycles. The molecule has 1 aromatic rings. The van der Waals surface area contributed by atoms with Gasteiger partial charge in [-0.05, 0) is 34.7 Å². The maximum Gasteiger partial charge on any atom is 0.337 e. The number of rotatable bonds is 1. The van der Waals surface area contributed by atoms with Gasteiger partial charge >= 0.3 is 5.97 Å². The lowest BCUT2D eigenvalue weighted by Gasteiger charge is -2.01. The topological polar surface area (TPSA) is 61.1 Å². The second-order valence-electron chi connectivity index (χ2n) is 2.24. The average Bonchev–Trinajstić information content (AvgIpc) is 2.09. The molecule has 0 aliphatic rings. The fourth-order valence-corrected chi connectivity index (χ4v) is 1.63. The van der Waals surface area contributed by atoms with Gasteiger partial charge in [0.2, 0.25) is 0 Å². The van der Waals surface area contributed by atoms with Crippen molar-refractivity contribution in [3.63, 3.8) is 0 Å². The van der Waals surface area contributed by atoms with Crippen LogP contribution in [-0.2, 0) is 0 Å². The van der Waals surface area contributed by atoms with Gasteiger partial charge in [-0.15, -0.1) is 0 Å². The van der Waals surface area contributed by atoms with E-state index < -0.39 is 5.97 Å². The second kappa shape index (κ2) is 3.94. The van der Waals surface area contributed by atoms with Crippen molar-refractivity contribution in [2.45, 2.75) is 0 Å². The third-order valence-electron chi connectivity index (χ3n) is 1.39. The van der Waals surface area contributed by atoms with Crippen molar-refractivity contribution in [3.8, 4) is 6.07 Å². The third-order valence-corrected chi connectivity index (χ3v) is 2.96. The van der Waals surface area contributed by atoms with Gasteiger partial charge in [-0.1, -0.05) is 11.6 Å². The van der Waals surface area contributed by atoms with Gasteiger partial charge < -0.3 is 5.11 Å². The first-order valence-corrected chi connectivity index (χ1v) is 4.64. The highest BCUT2D eigenvalue weighted by molar-refractivity contribution is 14.1. The summed E-state index contributed by atoms with van der Waals surface area (Å²) in [6, 6.07) is 4.66. The zero-order valence-electron chi connectivity index (χ0n) is 6.21. The van der Waals surface area contributed by atoms with Crippen LogP contribution in [0.4, 0.5) is 0 Å². The van der Waals surface area contributed by atoms with Crippen LogP contribution < -0.4 is 0 Å². The van der Waals surface area contributed by atoms with Crippen molar-refractivity contribution < 1.29 is 9.90 Å². The largest absolute Gasteiger partial charge is 0.478 e. The summed E-state index contributed by atoms with van der Waals surface area (Å²) in [5, 5.41) is 17.5. The fraction of sp³-hybridized carbons (Fsp3) is 0. The Bertz CT molecular complexity index is 411. The van der Waals surface area contributed by atoms with E-state index >= 15 is 0 Å². The molecule has 0 atom stereocenters. The molecule has 0 radical (unpaired) electrons. The van der Waals surface area contributed by atoms with E-state index in [0.717, 1.165) is 0 Å². The fourth-order valence-electron chi connectivity index (χ4n) is 0.809. The summed E-state index contributed by atoms with van der Waals surface area (Å²) in [5.74, 6) is -1.12. The molecule has 0 saturated carbocycles. The van der Waals surface area contributed by atoms with Crippen molar-refractivity contribution in [2.24, 2.45) is 0 Å². The number of halogens is 2. The molecular formula is C8H3ClINO2. The number of nitrogens with zero attached hydrogens (tertiary/aromatic N) is 1. The Morgan fingerprint density at radius 1 is 1.62 bits per heavy atom. The first-order valence-electron chi connectivity index (χ1n) is 3.18. The monoisotopic (exact) mass is 307 g/mol. The summed E-state index contributed by atoms with van der Waals surface area (Å²) < 4.78 is 0.565. The lowest BCUT2D eigenvalue weighted by Crippen LogP contribution is -1.99. The number of hydrogen-bond acceptors (Lipinski definition) is 2. The molecule has 1 rings (SSSR count). The molecule has 0 aliphatic carbocycles. The first kappa shape index (κ1) is 10.3. The van der Waals surface area contributed by atoms with Crippen LogP contribution in [0.1, 0.15) is 15.9 Å². The van der Waals surface area contributed by atoms with E-state index in [9.17, 15) is 4.79 Å². The van der Waals surface area contributed by atoms with Crippen LogP contribution in [-0.4, -0.2) is 11.1 Å². The quantitative estimate of drug-likeness (QED) is 0.811. The van der Waals surface area contributed by atoms with Gasteiger partial charge in [0.1, 0.15) is 0 Å². The minimum atomic E-state index is -1.12. The molecule has 1 N–H and O–H groups in total. The number of nitriles is 1. The Morgan fingerprint density at radius 2 is 2.23 bits per heavy atom. The van der Waals surface area contributed by atoms with E-state index in [1.165, 1.54) is 12.1 Å². The van der Waals surface area contributed by atoms with Gasteiger partial charge in [-0.2, -0.15) is 5.26 Å². The van der Waals surface area contributed by atoms with Crippen LogP contribution in [0.25, 0.3) is 0 Å². The van der Waals surface area contributed by atoms with Crippen LogP contribution >= 0.6 is 34.2 Å². The molecule has 66 valence electrons. The van der Waals surface area contributed by atoms with Gasteiger partial charge in [-0.3, -0.25) is 0 Å². The molecule has 0 unspecified atom stereocenters. The molecule has 1 aromatic carbocycles. The molecule has 0 heterocycles. The zero-order chi connectivity index (χ0) is 10.0. The van der Waals surface area contributed by atoms with Crippen molar-refractivity contribution >= 4 is 40.2 Å². The first-order chi connectivity index (χ1) is 6.06. The van der Waals surface area contributed by atoms with Crippen molar-refractivity contribution in [2.75, 3.05) is 0 Å². The van der Waals surface area contributed by atoms with Gasteiger partial charge in [0.25, 0.3) is 0 Å². The van der Waals surface area contributed by atoms with E-state index in [0.29, 0.717) is 9.13 Å². The van der Waals surface area contributed by atoms with Crippen molar-refractivity contribution in [3.05, 3.63) is 31.9 Å². The van der Waals surface area contributed by atoms with Gasteiger partial charge in [-0.25, -0.2) is 4.79 Å². The maximum absolute atomic E-state index is 10.6. The zero-order valence-corrected chi connectivity index (χ0v) is 9.13. The van der Waals surface area contributed by atoms with Gasteiger partial charge in [0.05, 0.1) is 22.2 Å². The Kier molecular flexibility index (Phi) is 3.12. The molecule has 13 heavy (non-hydrogen) atoms. The Labute approximate surface area is 93.1 Å². The van der Waals surface area contributed by atoms with Crippen molar-refractivity contribution in [1.82, 2.24) is 0 Å². The van der Waals surface area contributed by atoms with Crippen LogP contribution in [0.2, 0.25) is 5.02 Å². The van der Waals surface area contributed by atoms with E-state index in [4.69, 9.17) is 22.0 Å². The molecule has 0 aliphatic heterocycles. The van der Waals surface area contributed by atoms with E-state index in [1.807, 2.05) is 28.7 Å². The van der Waals surface area contributed by atoms with E-state index in [-0.39, 0.29) is 10.6 Å². The number of aromatic carboxylic acids is 1. The summed E-state index contributed by atoms with van der Waals surface area (Å²) in [6.07, 6.45) is 0. The smallest absolute Gasteiger partial charge is 0.337 e. The van der Waals surface area contributed by atoms with Crippen LogP contribution in [0, 0.1) is 14.9 Å². The molecule has 3 nitrogen and oxygen atoms in total. The normalized spacial score (nSPS) is 9.31. The molecular weight excluding hydrogens is 304 g/mol. The lowest BCUT2D eigenvalue weighted by molar-refractivity contribution is 0.0697. The SMILES string of the molecule is N#Cc1cc(I)c(Cl)c(C(=O)O)c1. The highest BCUT2D eigenvalue weighted by atomic mass is 127. The van der Waals surface area contributed by atoms with Gasteiger partial charge in [0, 0.05) is 3.57 Å². The van der Waals surface area contributed by atoms with Gasteiger partial charge in [0.15, 0.2) is 0 Å². The van der Waals surface area contributed by atoms with E-state index in [1.54, 1.807) is 0 Å². The van der Waals surface area contributed by atoms with Crippen molar-refractivity contribution in [1.29, 1.82) is 5.26 Å². The molecule has 0 fully saturated rings. The van der Waals surface area contributed by atoms with Crippen LogP contribution in [0.5, 0.6) is 0 Å². The summed E-state index contributed by atoms with van der Waals surface area (Å²) in [5.41, 5.74) is 0.260. The Balaban J connectivity index is 3.44. The highest BCUT2D eigenvalue weighted by Gasteiger charge is 2.12. The number of carboxylic acid groups (broad SMARTS) is 1. The standard InChI is InChI=1S/C8H3ClINO2/c9-7-5(8(12)13)1-4(3-11)2-6(7)10/h1-2H,(H,12,13). The van der Waals surface area contributed by atoms with E-state index in [2.05, 4.69) is 0 Å². The predicted octanol–water partition coefficient (Wildman–Crippen LogP) is 2.51. The summed E-state index contributed by atoms with van der Waals surface area (Å²) in [7, 11) is 0. The summed E-state index contributed by atoms with van der Waals surface area (Å²) >= 11 is 7.61. The lowest BCUT2D eigenvalue weighted by atomic mass is 10.1. The highest BCUT2D eigenvalue weighted by Crippen LogP contribution is 2.24. The molecule has 0 spiro atoms. The third kappa shape index (κ3) is 2.11. The number of benzene rings is 1. The molecule has 0 amide bonds.